The lowest BCUT2D eigenvalue weighted by atomic mass is 9.96. The number of carbonyl (C=O) groups excluding carboxylic acids is 1. The van der Waals surface area contributed by atoms with Crippen molar-refractivity contribution >= 4 is 17.7 Å². The molecule has 0 spiro atoms. The summed E-state index contributed by atoms with van der Waals surface area (Å²) in [5.41, 5.74) is 5.57. The van der Waals surface area contributed by atoms with Gasteiger partial charge in [-0.2, -0.15) is 0 Å². The van der Waals surface area contributed by atoms with Crippen LogP contribution in [0.2, 0.25) is 0 Å². The molecule has 1 aliphatic carbocycles. The summed E-state index contributed by atoms with van der Waals surface area (Å²) in [5.74, 6) is 1.21. The Bertz CT molecular complexity index is 258. The fraction of sp³-hybridized carbons (Fsp3) is 0.917. The van der Waals surface area contributed by atoms with Crippen molar-refractivity contribution in [2.24, 2.45) is 11.7 Å². The zero-order valence-corrected chi connectivity index (χ0v) is 11.6. The van der Waals surface area contributed by atoms with Crippen molar-refractivity contribution in [2.45, 2.75) is 50.8 Å². The minimum atomic E-state index is -0.185. The molecule has 0 aromatic heterocycles. The van der Waals surface area contributed by atoms with Crippen molar-refractivity contribution in [2.75, 3.05) is 12.3 Å². The van der Waals surface area contributed by atoms with Gasteiger partial charge in [0.05, 0.1) is 11.3 Å². The topological polar surface area (TPSA) is 55.1 Å². The van der Waals surface area contributed by atoms with E-state index in [1.54, 1.807) is 11.8 Å². The maximum Gasteiger partial charge on any atom is 0.230 e. The van der Waals surface area contributed by atoms with Crippen molar-refractivity contribution in [1.29, 1.82) is 0 Å². The lowest BCUT2D eigenvalue weighted by Gasteiger charge is -2.30. The Morgan fingerprint density at radius 1 is 1.38 bits per heavy atom. The Balaban J connectivity index is 2.38. The number of carbonyl (C=O) groups is 1. The van der Waals surface area contributed by atoms with E-state index in [-0.39, 0.29) is 16.2 Å². The molecule has 94 valence electrons. The van der Waals surface area contributed by atoms with Gasteiger partial charge >= 0.3 is 0 Å². The van der Waals surface area contributed by atoms with E-state index >= 15 is 0 Å². The predicted molar refractivity (Wildman–Crippen MR) is 70.5 cm³/mol. The van der Waals surface area contributed by atoms with Crippen LogP contribution in [0, 0.1) is 5.92 Å². The standard InChI is InChI=1S/C12H24N2OS/c1-11(2,3)16-7-10(15)14-12(4,8-13)9-5-6-9/h9H,5-8,13H2,1-4H3,(H,14,15). The molecule has 0 aromatic rings. The Hall–Kier alpha value is -0.220. The molecule has 0 aromatic carbocycles. The molecule has 16 heavy (non-hydrogen) atoms. The molecule has 0 heterocycles. The van der Waals surface area contributed by atoms with Gasteiger partial charge < -0.3 is 11.1 Å². The summed E-state index contributed by atoms with van der Waals surface area (Å²) in [7, 11) is 0. The summed E-state index contributed by atoms with van der Waals surface area (Å²) in [6.45, 7) is 8.95. The molecule has 3 nitrogen and oxygen atoms in total. The largest absolute Gasteiger partial charge is 0.349 e. The van der Waals surface area contributed by atoms with Gasteiger partial charge in [0.15, 0.2) is 0 Å². The van der Waals surface area contributed by atoms with Crippen molar-refractivity contribution in [3.05, 3.63) is 0 Å². The molecule has 1 fully saturated rings. The van der Waals surface area contributed by atoms with Gasteiger partial charge in [0.1, 0.15) is 0 Å². The molecule has 3 N–H and O–H groups in total. The zero-order valence-electron chi connectivity index (χ0n) is 10.8. The number of rotatable bonds is 5. The van der Waals surface area contributed by atoms with E-state index in [1.165, 1.54) is 12.8 Å². The number of thioether (sulfide) groups is 1. The van der Waals surface area contributed by atoms with Gasteiger partial charge in [0.25, 0.3) is 0 Å². The lowest BCUT2D eigenvalue weighted by molar-refractivity contribution is -0.120. The zero-order chi connectivity index (χ0) is 12.4. The van der Waals surface area contributed by atoms with Gasteiger partial charge in [-0.25, -0.2) is 0 Å². The average Bonchev–Trinajstić information content (AvgIpc) is 2.96. The number of hydrogen-bond donors (Lipinski definition) is 2. The highest BCUT2D eigenvalue weighted by Gasteiger charge is 2.41. The molecule has 0 aliphatic heterocycles. The molecule has 1 amide bonds. The molecule has 1 saturated carbocycles. The average molecular weight is 244 g/mol. The Kier molecular flexibility index (Phi) is 4.29. The van der Waals surface area contributed by atoms with E-state index in [9.17, 15) is 4.79 Å². The van der Waals surface area contributed by atoms with Crippen LogP contribution in [0.3, 0.4) is 0 Å². The normalized spacial score (nSPS) is 20.3. The third-order valence-corrected chi connectivity index (χ3v) is 4.24. The van der Waals surface area contributed by atoms with E-state index in [4.69, 9.17) is 5.73 Å². The Labute approximate surface area is 103 Å². The minimum absolute atomic E-state index is 0.111. The van der Waals surface area contributed by atoms with Crippen LogP contribution in [0.25, 0.3) is 0 Å². The van der Waals surface area contributed by atoms with Gasteiger partial charge in [-0.05, 0) is 25.7 Å². The van der Waals surface area contributed by atoms with E-state index in [0.29, 0.717) is 18.2 Å². The van der Waals surface area contributed by atoms with E-state index in [1.807, 2.05) is 0 Å². The minimum Gasteiger partial charge on any atom is -0.349 e. The third kappa shape index (κ3) is 4.34. The second-order valence-corrected chi connectivity index (χ2v) is 7.65. The molecular formula is C12H24N2OS. The fourth-order valence-electron chi connectivity index (χ4n) is 1.68. The van der Waals surface area contributed by atoms with Gasteiger partial charge in [0.2, 0.25) is 5.91 Å². The molecule has 0 bridgehead atoms. The van der Waals surface area contributed by atoms with Crippen LogP contribution in [-0.4, -0.2) is 28.5 Å². The summed E-state index contributed by atoms with van der Waals surface area (Å²) >= 11 is 1.67. The molecule has 1 aliphatic rings. The summed E-state index contributed by atoms with van der Waals surface area (Å²) in [5, 5.41) is 3.09. The van der Waals surface area contributed by atoms with Gasteiger partial charge in [0, 0.05) is 11.3 Å². The van der Waals surface area contributed by atoms with Gasteiger partial charge in [-0.3, -0.25) is 4.79 Å². The highest BCUT2D eigenvalue weighted by atomic mass is 32.2. The first kappa shape index (κ1) is 13.8. The number of nitrogens with one attached hydrogen (secondary N) is 1. The molecule has 1 atom stereocenters. The van der Waals surface area contributed by atoms with Gasteiger partial charge in [-0.15, -0.1) is 11.8 Å². The monoisotopic (exact) mass is 244 g/mol. The summed E-state index contributed by atoms with van der Waals surface area (Å²) < 4.78 is 0.135. The first-order valence-corrected chi connectivity index (χ1v) is 6.90. The number of hydrogen-bond acceptors (Lipinski definition) is 3. The second-order valence-electron chi connectivity index (χ2n) is 5.85. The lowest BCUT2D eigenvalue weighted by Crippen LogP contribution is -2.53. The quantitative estimate of drug-likeness (QED) is 0.775. The second kappa shape index (κ2) is 4.96. The van der Waals surface area contributed by atoms with Crippen molar-refractivity contribution < 1.29 is 4.79 Å². The molecule has 0 radical (unpaired) electrons. The van der Waals surface area contributed by atoms with Crippen molar-refractivity contribution in [1.82, 2.24) is 5.32 Å². The SMILES string of the molecule is CC(C)(C)SCC(=O)NC(C)(CN)C1CC1. The van der Waals surface area contributed by atoms with Crippen LogP contribution in [0.5, 0.6) is 0 Å². The van der Waals surface area contributed by atoms with E-state index < -0.39 is 0 Å². The van der Waals surface area contributed by atoms with Crippen LogP contribution in [-0.2, 0) is 4.79 Å². The molecular weight excluding hydrogens is 220 g/mol. The van der Waals surface area contributed by atoms with E-state index in [2.05, 4.69) is 33.0 Å². The number of nitrogens with two attached hydrogens (primary N) is 1. The fourth-order valence-corrected chi connectivity index (χ4v) is 2.31. The molecule has 1 rings (SSSR count). The van der Waals surface area contributed by atoms with Crippen LogP contribution < -0.4 is 11.1 Å². The first-order valence-electron chi connectivity index (χ1n) is 5.92. The van der Waals surface area contributed by atoms with Crippen molar-refractivity contribution in [3.8, 4) is 0 Å². The van der Waals surface area contributed by atoms with Crippen LogP contribution >= 0.6 is 11.8 Å². The maximum atomic E-state index is 11.8. The summed E-state index contributed by atoms with van der Waals surface area (Å²) in [4.78, 5) is 11.8. The van der Waals surface area contributed by atoms with Crippen molar-refractivity contribution in [3.63, 3.8) is 0 Å². The van der Waals surface area contributed by atoms with Crippen LogP contribution in [0.15, 0.2) is 0 Å². The molecule has 4 heteroatoms. The Morgan fingerprint density at radius 2 is 1.94 bits per heavy atom. The highest BCUT2D eigenvalue weighted by molar-refractivity contribution is 8.01. The summed E-state index contributed by atoms with van der Waals surface area (Å²) in [6, 6.07) is 0. The third-order valence-electron chi connectivity index (χ3n) is 2.96. The Morgan fingerprint density at radius 3 is 2.31 bits per heavy atom. The van der Waals surface area contributed by atoms with Crippen LogP contribution in [0.4, 0.5) is 0 Å². The molecule has 1 unspecified atom stereocenters. The molecule has 0 saturated heterocycles. The van der Waals surface area contributed by atoms with E-state index in [0.717, 1.165) is 0 Å². The predicted octanol–water partition coefficient (Wildman–Crippen LogP) is 1.76. The highest BCUT2D eigenvalue weighted by Crippen LogP contribution is 2.39. The number of amides is 1. The van der Waals surface area contributed by atoms with Crippen LogP contribution in [0.1, 0.15) is 40.5 Å². The summed E-state index contributed by atoms with van der Waals surface area (Å²) in [6.07, 6.45) is 2.39. The smallest absolute Gasteiger partial charge is 0.230 e. The van der Waals surface area contributed by atoms with Gasteiger partial charge in [-0.1, -0.05) is 20.8 Å². The first-order chi connectivity index (χ1) is 7.27. The maximum absolute atomic E-state index is 11.8.